The van der Waals surface area contributed by atoms with Gasteiger partial charge in [0.15, 0.2) is 0 Å². The van der Waals surface area contributed by atoms with Crippen LogP contribution in [-0.4, -0.2) is 6.61 Å². The van der Waals surface area contributed by atoms with Crippen molar-refractivity contribution in [3.8, 4) is 0 Å². The summed E-state index contributed by atoms with van der Waals surface area (Å²) in [5, 5.41) is 0. The third-order valence-electron chi connectivity index (χ3n) is 2.60. The second kappa shape index (κ2) is 5.82. The zero-order chi connectivity index (χ0) is 10.4. The van der Waals surface area contributed by atoms with Crippen LogP contribution in [0, 0.1) is 5.92 Å². The van der Waals surface area contributed by atoms with E-state index < -0.39 is 0 Å². The van der Waals surface area contributed by atoms with Crippen LogP contribution in [-0.2, 0) is 4.74 Å². The molecule has 78 valence electrons. The summed E-state index contributed by atoms with van der Waals surface area (Å²) in [6, 6.07) is 10.4. The summed E-state index contributed by atoms with van der Waals surface area (Å²) in [4.78, 5) is 0. The molecule has 1 heteroatoms. The standard InChI is InChI=1S/C13H20O/c1-4-11(2)10-14-12(3)13-8-6-5-7-9-13/h5-9,11-12H,4,10H2,1-3H3. The van der Waals surface area contributed by atoms with E-state index >= 15 is 0 Å². The molecule has 0 aliphatic rings. The van der Waals surface area contributed by atoms with E-state index in [4.69, 9.17) is 4.74 Å². The zero-order valence-corrected chi connectivity index (χ0v) is 9.36. The van der Waals surface area contributed by atoms with Crippen molar-refractivity contribution < 1.29 is 4.74 Å². The second-order valence-corrected chi connectivity index (χ2v) is 3.90. The molecule has 0 amide bonds. The van der Waals surface area contributed by atoms with Gasteiger partial charge in [0.05, 0.1) is 6.10 Å². The van der Waals surface area contributed by atoms with Crippen LogP contribution in [0.2, 0.25) is 0 Å². The Morgan fingerprint density at radius 3 is 2.36 bits per heavy atom. The van der Waals surface area contributed by atoms with Gasteiger partial charge < -0.3 is 4.74 Å². The average Bonchev–Trinajstić information content (AvgIpc) is 2.26. The Hall–Kier alpha value is -0.820. The van der Waals surface area contributed by atoms with Crippen molar-refractivity contribution in [2.45, 2.75) is 33.3 Å². The number of hydrogen-bond donors (Lipinski definition) is 0. The van der Waals surface area contributed by atoms with Crippen LogP contribution in [0.1, 0.15) is 38.9 Å². The fraction of sp³-hybridized carbons (Fsp3) is 0.538. The van der Waals surface area contributed by atoms with Crippen LogP contribution < -0.4 is 0 Å². The molecule has 0 radical (unpaired) electrons. The van der Waals surface area contributed by atoms with E-state index in [0.29, 0.717) is 5.92 Å². The molecule has 0 fully saturated rings. The molecule has 1 nitrogen and oxygen atoms in total. The molecule has 1 aromatic carbocycles. The average molecular weight is 192 g/mol. The van der Waals surface area contributed by atoms with E-state index in [1.165, 1.54) is 12.0 Å². The van der Waals surface area contributed by atoms with Gasteiger partial charge in [-0.2, -0.15) is 0 Å². The monoisotopic (exact) mass is 192 g/mol. The van der Waals surface area contributed by atoms with Gasteiger partial charge in [0.2, 0.25) is 0 Å². The molecule has 0 N–H and O–H groups in total. The van der Waals surface area contributed by atoms with Crippen LogP contribution in [0.5, 0.6) is 0 Å². The Balaban J connectivity index is 2.39. The van der Waals surface area contributed by atoms with Crippen LogP contribution in [0.4, 0.5) is 0 Å². The molecule has 0 bridgehead atoms. The quantitative estimate of drug-likeness (QED) is 0.689. The number of benzene rings is 1. The summed E-state index contributed by atoms with van der Waals surface area (Å²) >= 11 is 0. The number of hydrogen-bond acceptors (Lipinski definition) is 1. The van der Waals surface area contributed by atoms with Crippen molar-refractivity contribution in [1.82, 2.24) is 0 Å². The molecule has 2 unspecified atom stereocenters. The first-order chi connectivity index (χ1) is 6.74. The predicted octanol–water partition coefficient (Wildman–Crippen LogP) is 3.81. The van der Waals surface area contributed by atoms with Crippen molar-refractivity contribution in [2.24, 2.45) is 5.92 Å². The highest BCUT2D eigenvalue weighted by Crippen LogP contribution is 2.17. The normalized spacial score (nSPS) is 15.1. The SMILES string of the molecule is CCC(C)COC(C)c1ccccc1. The van der Waals surface area contributed by atoms with Crippen LogP contribution in [0.15, 0.2) is 30.3 Å². The molecular formula is C13H20O. The van der Waals surface area contributed by atoms with E-state index in [0.717, 1.165) is 6.61 Å². The van der Waals surface area contributed by atoms with Crippen LogP contribution in [0.25, 0.3) is 0 Å². The Morgan fingerprint density at radius 1 is 1.14 bits per heavy atom. The first-order valence-corrected chi connectivity index (χ1v) is 5.40. The topological polar surface area (TPSA) is 9.23 Å². The lowest BCUT2D eigenvalue weighted by Gasteiger charge is -2.16. The van der Waals surface area contributed by atoms with E-state index in [1.54, 1.807) is 0 Å². The first kappa shape index (κ1) is 11.3. The molecule has 0 heterocycles. The maximum atomic E-state index is 5.78. The predicted molar refractivity (Wildman–Crippen MR) is 60.3 cm³/mol. The lowest BCUT2D eigenvalue weighted by atomic mass is 10.1. The third kappa shape index (κ3) is 3.51. The summed E-state index contributed by atoms with van der Waals surface area (Å²) < 4.78 is 5.78. The van der Waals surface area contributed by atoms with Gasteiger partial charge in [-0.1, -0.05) is 50.6 Å². The molecule has 0 saturated carbocycles. The van der Waals surface area contributed by atoms with E-state index in [9.17, 15) is 0 Å². The lowest BCUT2D eigenvalue weighted by Crippen LogP contribution is -2.08. The van der Waals surface area contributed by atoms with E-state index in [-0.39, 0.29) is 6.10 Å². The fourth-order valence-corrected chi connectivity index (χ4v) is 1.25. The van der Waals surface area contributed by atoms with Crippen molar-refractivity contribution in [3.05, 3.63) is 35.9 Å². The fourth-order valence-electron chi connectivity index (χ4n) is 1.25. The van der Waals surface area contributed by atoms with Gasteiger partial charge in [0.25, 0.3) is 0 Å². The number of rotatable bonds is 5. The van der Waals surface area contributed by atoms with Gasteiger partial charge in [0.1, 0.15) is 0 Å². The maximum Gasteiger partial charge on any atom is 0.0796 e. The first-order valence-electron chi connectivity index (χ1n) is 5.40. The van der Waals surface area contributed by atoms with Crippen LogP contribution in [0.3, 0.4) is 0 Å². The smallest absolute Gasteiger partial charge is 0.0796 e. The molecule has 0 aliphatic carbocycles. The van der Waals surface area contributed by atoms with Crippen molar-refractivity contribution in [3.63, 3.8) is 0 Å². The molecule has 0 aliphatic heterocycles. The van der Waals surface area contributed by atoms with Crippen molar-refractivity contribution in [2.75, 3.05) is 6.61 Å². The van der Waals surface area contributed by atoms with Gasteiger partial charge in [0, 0.05) is 6.61 Å². The van der Waals surface area contributed by atoms with E-state index in [1.807, 2.05) is 6.07 Å². The van der Waals surface area contributed by atoms with Crippen LogP contribution >= 0.6 is 0 Å². The Labute approximate surface area is 87.1 Å². The molecule has 2 atom stereocenters. The highest BCUT2D eigenvalue weighted by atomic mass is 16.5. The Bertz CT molecular complexity index is 243. The largest absolute Gasteiger partial charge is 0.374 e. The minimum Gasteiger partial charge on any atom is -0.374 e. The van der Waals surface area contributed by atoms with Gasteiger partial charge in [-0.05, 0) is 18.4 Å². The molecule has 0 saturated heterocycles. The van der Waals surface area contributed by atoms with Gasteiger partial charge in [-0.3, -0.25) is 0 Å². The Morgan fingerprint density at radius 2 is 1.79 bits per heavy atom. The molecule has 14 heavy (non-hydrogen) atoms. The third-order valence-corrected chi connectivity index (χ3v) is 2.60. The summed E-state index contributed by atoms with van der Waals surface area (Å²) in [7, 11) is 0. The second-order valence-electron chi connectivity index (χ2n) is 3.90. The summed E-state index contributed by atoms with van der Waals surface area (Å²) in [6.45, 7) is 7.38. The van der Waals surface area contributed by atoms with Crippen molar-refractivity contribution in [1.29, 1.82) is 0 Å². The number of ether oxygens (including phenoxy) is 1. The molecular weight excluding hydrogens is 172 g/mol. The van der Waals surface area contributed by atoms with Gasteiger partial charge in [-0.25, -0.2) is 0 Å². The molecule has 1 rings (SSSR count). The van der Waals surface area contributed by atoms with E-state index in [2.05, 4.69) is 45.0 Å². The molecule has 0 aromatic heterocycles. The highest BCUT2D eigenvalue weighted by molar-refractivity contribution is 5.16. The lowest BCUT2D eigenvalue weighted by molar-refractivity contribution is 0.0424. The molecule has 1 aromatic rings. The zero-order valence-electron chi connectivity index (χ0n) is 9.36. The summed E-state index contributed by atoms with van der Waals surface area (Å²) in [6.07, 6.45) is 1.40. The minimum atomic E-state index is 0.213. The minimum absolute atomic E-state index is 0.213. The highest BCUT2D eigenvalue weighted by Gasteiger charge is 2.06. The summed E-state index contributed by atoms with van der Waals surface area (Å²) in [5.74, 6) is 0.654. The van der Waals surface area contributed by atoms with Gasteiger partial charge >= 0.3 is 0 Å². The summed E-state index contributed by atoms with van der Waals surface area (Å²) in [5.41, 5.74) is 1.26. The Kier molecular flexibility index (Phi) is 4.68. The van der Waals surface area contributed by atoms with Gasteiger partial charge in [-0.15, -0.1) is 0 Å². The molecule has 0 spiro atoms. The maximum absolute atomic E-state index is 5.78. The van der Waals surface area contributed by atoms with Crippen molar-refractivity contribution >= 4 is 0 Å².